The molecule has 70 valence electrons. The van der Waals surface area contributed by atoms with Gasteiger partial charge in [-0.15, -0.1) is 0 Å². The second-order valence-corrected chi connectivity index (χ2v) is 3.98. The first-order chi connectivity index (χ1) is 6.24. The van der Waals surface area contributed by atoms with Gasteiger partial charge >= 0.3 is 0 Å². The summed E-state index contributed by atoms with van der Waals surface area (Å²) in [6, 6.07) is 2.20. The third kappa shape index (κ3) is 3.17. The van der Waals surface area contributed by atoms with Crippen molar-refractivity contribution in [3.63, 3.8) is 0 Å². The van der Waals surface area contributed by atoms with E-state index in [0.29, 0.717) is 0 Å². The molecule has 0 fully saturated rings. The van der Waals surface area contributed by atoms with E-state index in [1.165, 1.54) is 11.1 Å². The summed E-state index contributed by atoms with van der Waals surface area (Å²) in [5.74, 6) is 0.0962. The van der Waals surface area contributed by atoms with Crippen LogP contribution in [0.25, 0.3) is 0 Å². The van der Waals surface area contributed by atoms with E-state index >= 15 is 0 Å². The Bertz CT molecular complexity index is 298. The molecule has 0 spiro atoms. The van der Waals surface area contributed by atoms with Crippen LogP contribution in [0.2, 0.25) is 0 Å². The van der Waals surface area contributed by atoms with Crippen molar-refractivity contribution < 1.29 is 0 Å². The summed E-state index contributed by atoms with van der Waals surface area (Å²) in [4.78, 5) is 0. The van der Waals surface area contributed by atoms with Gasteiger partial charge in [0.2, 0.25) is 0 Å². The molecule has 1 aromatic rings. The number of thiophene rings is 1. The first kappa shape index (κ1) is 10.2. The Balaban J connectivity index is 2.29. The Kier molecular flexibility index (Phi) is 3.94. The minimum Gasteiger partial charge on any atom is -0.311 e. The lowest BCUT2D eigenvalue weighted by Gasteiger charge is -2.04. The summed E-state index contributed by atoms with van der Waals surface area (Å²) < 4.78 is 0. The van der Waals surface area contributed by atoms with E-state index in [1.807, 2.05) is 6.92 Å². The number of hydrogen-bond donors (Lipinski definition) is 1. The lowest BCUT2D eigenvalue weighted by molar-refractivity contribution is 0.601. The number of rotatable bonds is 4. The van der Waals surface area contributed by atoms with Crippen molar-refractivity contribution in [1.29, 1.82) is 5.26 Å². The topological polar surface area (TPSA) is 35.8 Å². The van der Waals surface area contributed by atoms with Gasteiger partial charge in [-0.1, -0.05) is 0 Å². The summed E-state index contributed by atoms with van der Waals surface area (Å²) in [6.07, 6.45) is 0. The third-order valence-corrected chi connectivity index (χ3v) is 2.86. The van der Waals surface area contributed by atoms with Gasteiger partial charge in [-0.25, -0.2) is 0 Å². The molecule has 1 N–H and O–H groups in total. The lowest BCUT2D eigenvalue weighted by atomic mass is 10.2. The van der Waals surface area contributed by atoms with Crippen LogP contribution in [0.4, 0.5) is 0 Å². The largest absolute Gasteiger partial charge is 0.311 e. The Morgan fingerprint density at radius 2 is 2.38 bits per heavy atom. The monoisotopic (exact) mass is 194 g/mol. The molecule has 0 aromatic carbocycles. The van der Waals surface area contributed by atoms with Crippen molar-refractivity contribution >= 4 is 11.3 Å². The van der Waals surface area contributed by atoms with Gasteiger partial charge in [-0.2, -0.15) is 16.6 Å². The molecule has 1 rings (SSSR count). The van der Waals surface area contributed by atoms with Crippen LogP contribution in [0.5, 0.6) is 0 Å². The summed E-state index contributed by atoms with van der Waals surface area (Å²) in [5, 5.41) is 16.1. The predicted molar refractivity (Wildman–Crippen MR) is 55.5 cm³/mol. The summed E-state index contributed by atoms with van der Waals surface area (Å²) in [6.45, 7) is 5.68. The van der Waals surface area contributed by atoms with Crippen LogP contribution in [-0.2, 0) is 6.54 Å². The molecule has 0 bridgehead atoms. The van der Waals surface area contributed by atoms with Gasteiger partial charge in [0.05, 0.1) is 12.0 Å². The molecule has 3 heteroatoms. The summed E-state index contributed by atoms with van der Waals surface area (Å²) in [7, 11) is 0. The van der Waals surface area contributed by atoms with Crippen LogP contribution < -0.4 is 5.32 Å². The normalized spacial score (nSPS) is 12.4. The second kappa shape index (κ2) is 5.00. The minimum absolute atomic E-state index is 0.0962. The Hall–Kier alpha value is -0.850. The molecule has 0 saturated carbocycles. The van der Waals surface area contributed by atoms with Gasteiger partial charge in [0, 0.05) is 13.1 Å². The van der Waals surface area contributed by atoms with E-state index in [-0.39, 0.29) is 5.92 Å². The zero-order chi connectivity index (χ0) is 9.68. The van der Waals surface area contributed by atoms with E-state index in [0.717, 1.165) is 13.1 Å². The second-order valence-electron chi connectivity index (χ2n) is 3.24. The molecule has 1 unspecified atom stereocenters. The maximum absolute atomic E-state index is 8.56. The average molecular weight is 194 g/mol. The van der Waals surface area contributed by atoms with Crippen LogP contribution in [0.3, 0.4) is 0 Å². The molecule has 2 nitrogen and oxygen atoms in total. The molecular formula is C10H14N2S. The van der Waals surface area contributed by atoms with Crippen LogP contribution in [0.15, 0.2) is 10.8 Å². The highest BCUT2D eigenvalue weighted by Crippen LogP contribution is 2.12. The van der Waals surface area contributed by atoms with Crippen molar-refractivity contribution in [1.82, 2.24) is 5.32 Å². The fraction of sp³-hybridized carbons (Fsp3) is 0.500. The average Bonchev–Trinajstić information content (AvgIpc) is 2.52. The summed E-state index contributed by atoms with van der Waals surface area (Å²) >= 11 is 1.73. The molecule has 0 aliphatic carbocycles. The van der Waals surface area contributed by atoms with E-state index in [4.69, 9.17) is 5.26 Å². The van der Waals surface area contributed by atoms with Gasteiger partial charge in [0.15, 0.2) is 0 Å². The van der Waals surface area contributed by atoms with Crippen LogP contribution in [0.1, 0.15) is 18.1 Å². The van der Waals surface area contributed by atoms with Crippen molar-refractivity contribution in [2.45, 2.75) is 20.4 Å². The van der Waals surface area contributed by atoms with Crippen LogP contribution in [0, 0.1) is 24.2 Å². The number of aryl methyl sites for hydroxylation is 1. The predicted octanol–water partition coefficient (Wildman–Crippen LogP) is 2.31. The maximum Gasteiger partial charge on any atom is 0.0666 e. The first-order valence-corrected chi connectivity index (χ1v) is 5.30. The zero-order valence-electron chi connectivity index (χ0n) is 8.00. The third-order valence-electron chi connectivity index (χ3n) is 1.95. The summed E-state index contributed by atoms with van der Waals surface area (Å²) in [5.41, 5.74) is 2.68. The van der Waals surface area contributed by atoms with E-state index in [2.05, 4.69) is 29.1 Å². The van der Waals surface area contributed by atoms with Crippen molar-refractivity contribution in [2.75, 3.05) is 6.54 Å². The van der Waals surface area contributed by atoms with Crippen LogP contribution >= 0.6 is 11.3 Å². The number of hydrogen-bond acceptors (Lipinski definition) is 3. The standard InChI is InChI=1S/C10H14N2S/c1-8(3-11)4-12-5-10-7-13-6-9(10)2/h6-8,12H,4-5H2,1-2H3. The SMILES string of the molecule is Cc1cscc1CNCC(C)C#N. The van der Waals surface area contributed by atoms with Crippen molar-refractivity contribution in [2.24, 2.45) is 5.92 Å². The number of nitrogens with one attached hydrogen (secondary N) is 1. The lowest BCUT2D eigenvalue weighted by Crippen LogP contribution is -2.19. The fourth-order valence-corrected chi connectivity index (χ4v) is 1.89. The Morgan fingerprint density at radius 3 is 2.92 bits per heavy atom. The Morgan fingerprint density at radius 1 is 1.62 bits per heavy atom. The fourth-order valence-electron chi connectivity index (χ4n) is 1.04. The first-order valence-electron chi connectivity index (χ1n) is 4.36. The smallest absolute Gasteiger partial charge is 0.0666 e. The van der Waals surface area contributed by atoms with Gasteiger partial charge in [-0.3, -0.25) is 0 Å². The highest BCUT2D eigenvalue weighted by Gasteiger charge is 2.00. The molecule has 0 aliphatic rings. The van der Waals surface area contributed by atoms with Gasteiger partial charge in [0.1, 0.15) is 0 Å². The van der Waals surface area contributed by atoms with E-state index < -0.39 is 0 Å². The molecular weight excluding hydrogens is 180 g/mol. The van der Waals surface area contributed by atoms with Crippen LogP contribution in [-0.4, -0.2) is 6.54 Å². The molecule has 1 atom stereocenters. The Labute approximate surface area is 83.2 Å². The highest BCUT2D eigenvalue weighted by atomic mass is 32.1. The van der Waals surface area contributed by atoms with Crippen molar-refractivity contribution in [3.8, 4) is 6.07 Å². The molecule has 1 heterocycles. The van der Waals surface area contributed by atoms with Gasteiger partial charge in [-0.05, 0) is 35.7 Å². The molecule has 0 aliphatic heterocycles. The molecule has 0 saturated heterocycles. The van der Waals surface area contributed by atoms with Crippen molar-refractivity contribution in [3.05, 3.63) is 21.9 Å². The molecule has 0 radical (unpaired) electrons. The minimum atomic E-state index is 0.0962. The van der Waals surface area contributed by atoms with E-state index in [1.54, 1.807) is 11.3 Å². The van der Waals surface area contributed by atoms with Gasteiger partial charge in [0.25, 0.3) is 0 Å². The number of nitriles is 1. The zero-order valence-corrected chi connectivity index (χ0v) is 8.82. The van der Waals surface area contributed by atoms with E-state index in [9.17, 15) is 0 Å². The van der Waals surface area contributed by atoms with Gasteiger partial charge < -0.3 is 5.32 Å². The number of nitrogens with zero attached hydrogens (tertiary/aromatic N) is 1. The molecule has 0 amide bonds. The highest BCUT2D eigenvalue weighted by molar-refractivity contribution is 7.08. The molecule has 13 heavy (non-hydrogen) atoms. The quantitative estimate of drug-likeness (QED) is 0.798. The molecule has 1 aromatic heterocycles. The maximum atomic E-state index is 8.56.